The summed E-state index contributed by atoms with van der Waals surface area (Å²) >= 11 is 8.63. The summed E-state index contributed by atoms with van der Waals surface area (Å²) in [6, 6.07) is 7.65. The van der Waals surface area contributed by atoms with Gasteiger partial charge in [0.1, 0.15) is 5.75 Å². The average Bonchev–Trinajstić information content (AvgIpc) is 2.89. The van der Waals surface area contributed by atoms with E-state index in [0.717, 1.165) is 35.4 Å². The van der Waals surface area contributed by atoms with Gasteiger partial charge < -0.3 is 15.4 Å². The summed E-state index contributed by atoms with van der Waals surface area (Å²) in [4.78, 5) is 0. The second-order valence-electron chi connectivity index (χ2n) is 4.39. The molecule has 21 heavy (non-hydrogen) atoms. The maximum Gasteiger partial charge on any atom is 0.170 e. The third kappa shape index (κ3) is 5.35. The molecular formula is C14H17BrN4OS. The summed E-state index contributed by atoms with van der Waals surface area (Å²) < 4.78 is 8.05. The number of nitrogens with zero attached hydrogens (tertiary/aromatic N) is 2. The van der Waals surface area contributed by atoms with Crippen molar-refractivity contribution in [3.8, 4) is 5.75 Å². The minimum absolute atomic E-state index is 0.602. The molecule has 1 aromatic heterocycles. The third-order valence-corrected chi connectivity index (χ3v) is 3.43. The van der Waals surface area contributed by atoms with Gasteiger partial charge in [0.25, 0.3) is 0 Å². The molecular weight excluding hydrogens is 352 g/mol. The van der Waals surface area contributed by atoms with Gasteiger partial charge in [-0.05, 0) is 46.7 Å². The molecule has 0 spiro atoms. The molecule has 5 nitrogen and oxygen atoms in total. The molecule has 2 aromatic rings. The van der Waals surface area contributed by atoms with E-state index in [4.69, 9.17) is 17.0 Å². The maximum atomic E-state index is 5.26. The number of benzene rings is 1. The molecule has 2 rings (SSSR count). The largest absolute Gasteiger partial charge is 0.497 e. The summed E-state index contributed by atoms with van der Waals surface area (Å²) in [5, 5.41) is 11.1. The van der Waals surface area contributed by atoms with E-state index in [2.05, 4.69) is 31.7 Å². The molecule has 0 fully saturated rings. The van der Waals surface area contributed by atoms with Gasteiger partial charge in [0.2, 0.25) is 0 Å². The van der Waals surface area contributed by atoms with E-state index in [1.54, 1.807) is 13.3 Å². The van der Waals surface area contributed by atoms with Crippen molar-refractivity contribution in [2.24, 2.45) is 0 Å². The zero-order valence-corrected chi connectivity index (χ0v) is 14.1. The zero-order valence-electron chi connectivity index (χ0n) is 11.7. The van der Waals surface area contributed by atoms with Gasteiger partial charge in [-0.1, -0.05) is 6.07 Å². The van der Waals surface area contributed by atoms with E-state index in [1.165, 1.54) is 0 Å². The maximum absolute atomic E-state index is 5.26. The Bertz CT molecular complexity index is 602. The summed E-state index contributed by atoms with van der Waals surface area (Å²) in [5.74, 6) is 0.798. The van der Waals surface area contributed by atoms with Crippen molar-refractivity contribution in [2.75, 3.05) is 19.0 Å². The average molecular weight is 369 g/mol. The fraction of sp³-hybridized carbons (Fsp3) is 0.286. The van der Waals surface area contributed by atoms with Gasteiger partial charge in [-0.3, -0.25) is 4.68 Å². The summed E-state index contributed by atoms with van der Waals surface area (Å²) in [6.07, 6.45) is 4.67. The highest BCUT2D eigenvalue weighted by molar-refractivity contribution is 9.10. The second-order valence-corrected chi connectivity index (χ2v) is 5.71. The summed E-state index contributed by atoms with van der Waals surface area (Å²) in [7, 11) is 1.64. The van der Waals surface area contributed by atoms with Crippen molar-refractivity contribution in [1.29, 1.82) is 0 Å². The highest BCUT2D eigenvalue weighted by Gasteiger charge is 2.00. The Hall–Kier alpha value is -1.60. The van der Waals surface area contributed by atoms with Gasteiger partial charge in [0.05, 0.1) is 17.8 Å². The van der Waals surface area contributed by atoms with Crippen LogP contribution in [0.25, 0.3) is 0 Å². The Morgan fingerprint density at radius 1 is 1.48 bits per heavy atom. The highest BCUT2D eigenvalue weighted by atomic mass is 79.9. The van der Waals surface area contributed by atoms with E-state index in [1.807, 2.05) is 35.1 Å². The lowest BCUT2D eigenvalue weighted by atomic mass is 10.3. The van der Waals surface area contributed by atoms with Crippen LogP contribution >= 0.6 is 28.1 Å². The van der Waals surface area contributed by atoms with E-state index in [-0.39, 0.29) is 0 Å². The normalized spacial score (nSPS) is 10.2. The van der Waals surface area contributed by atoms with Crippen LogP contribution in [-0.4, -0.2) is 28.5 Å². The van der Waals surface area contributed by atoms with Crippen LogP contribution in [-0.2, 0) is 6.54 Å². The van der Waals surface area contributed by atoms with Gasteiger partial charge in [-0.25, -0.2) is 0 Å². The number of thiocarbonyl (C=S) groups is 1. The molecule has 0 amide bonds. The van der Waals surface area contributed by atoms with Crippen molar-refractivity contribution >= 4 is 38.9 Å². The Morgan fingerprint density at radius 3 is 3.05 bits per heavy atom. The highest BCUT2D eigenvalue weighted by Crippen LogP contribution is 2.16. The number of rotatable bonds is 6. The minimum Gasteiger partial charge on any atom is -0.497 e. The Kier molecular flexibility index (Phi) is 6.01. The smallest absolute Gasteiger partial charge is 0.170 e. The number of ether oxygens (including phenoxy) is 1. The number of halogens is 1. The molecule has 1 heterocycles. The number of aryl methyl sites for hydroxylation is 1. The van der Waals surface area contributed by atoms with Crippen LogP contribution < -0.4 is 15.4 Å². The molecule has 2 N–H and O–H groups in total. The molecule has 0 aliphatic rings. The predicted molar refractivity (Wildman–Crippen MR) is 91.8 cm³/mol. The summed E-state index contributed by atoms with van der Waals surface area (Å²) in [6.45, 7) is 1.63. The van der Waals surface area contributed by atoms with Crippen LogP contribution in [0, 0.1) is 0 Å². The van der Waals surface area contributed by atoms with Gasteiger partial charge in [-0.2, -0.15) is 5.10 Å². The van der Waals surface area contributed by atoms with Crippen molar-refractivity contribution in [3.05, 3.63) is 41.1 Å². The summed E-state index contributed by atoms with van der Waals surface area (Å²) in [5.41, 5.74) is 0.905. The molecule has 0 radical (unpaired) electrons. The molecule has 1 aromatic carbocycles. The molecule has 7 heteroatoms. The van der Waals surface area contributed by atoms with Crippen LogP contribution in [0.5, 0.6) is 5.75 Å². The Balaban J connectivity index is 1.69. The first kappa shape index (κ1) is 15.8. The number of nitrogens with one attached hydrogen (secondary N) is 2. The first-order valence-electron chi connectivity index (χ1n) is 6.54. The molecule has 0 unspecified atom stereocenters. The fourth-order valence-corrected chi connectivity index (χ4v) is 2.33. The van der Waals surface area contributed by atoms with Crippen LogP contribution in [0.1, 0.15) is 6.42 Å². The first-order chi connectivity index (χ1) is 10.2. The molecule has 0 saturated carbocycles. The number of hydrogen-bond donors (Lipinski definition) is 2. The number of methoxy groups -OCH3 is 1. The van der Waals surface area contributed by atoms with Crippen LogP contribution in [0.4, 0.5) is 5.69 Å². The van der Waals surface area contributed by atoms with Crippen LogP contribution in [0.3, 0.4) is 0 Å². The fourth-order valence-electron chi connectivity index (χ4n) is 1.78. The van der Waals surface area contributed by atoms with Crippen molar-refractivity contribution in [3.63, 3.8) is 0 Å². The Labute approximate surface area is 137 Å². The Morgan fingerprint density at radius 2 is 2.33 bits per heavy atom. The number of anilines is 1. The lowest BCUT2D eigenvalue weighted by Gasteiger charge is -2.11. The third-order valence-electron chi connectivity index (χ3n) is 2.78. The molecule has 0 saturated heterocycles. The minimum atomic E-state index is 0.602. The second kappa shape index (κ2) is 7.99. The number of hydrogen-bond acceptors (Lipinski definition) is 3. The molecule has 0 aliphatic heterocycles. The molecule has 0 aliphatic carbocycles. The monoisotopic (exact) mass is 368 g/mol. The SMILES string of the molecule is COc1cccc(NC(=S)NCCCn2cc(Br)cn2)c1. The lowest BCUT2D eigenvalue weighted by molar-refractivity contribution is 0.415. The van der Waals surface area contributed by atoms with E-state index in [9.17, 15) is 0 Å². The predicted octanol–water partition coefficient (Wildman–Crippen LogP) is 3.03. The first-order valence-corrected chi connectivity index (χ1v) is 7.74. The quantitative estimate of drug-likeness (QED) is 0.606. The van der Waals surface area contributed by atoms with Crippen molar-refractivity contribution < 1.29 is 4.74 Å². The van der Waals surface area contributed by atoms with Gasteiger partial charge in [0.15, 0.2) is 5.11 Å². The van der Waals surface area contributed by atoms with Crippen LogP contribution in [0.2, 0.25) is 0 Å². The van der Waals surface area contributed by atoms with E-state index in [0.29, 0.717) is 5.11 Å². The topological polar surface area (TPSA) is 51.1 Å². The van der Waals surface area contributed by atoms with Crippen molar-refractivity contribution in [1.82, 2.24) is 15.1 Å². The molecule has 112 valence electrons. The van der Waals surface area contributed by atoms with Crippen LogP contribution in [0.15, 0.2) is 41.1 Å². The van der Waals surface area contributed by atoms with E-state index < -0.39 is 0 Å². The van der Waals surface area contributed by atoms with Gasteiger partial charge >= 0.3 is 0 Å². The standard InChI is InChI=1S/C14H17BrN4OS/c1-20-13-5-2-4-12(8-13)18-14(21)16-6-3-7-19-10-11(15)9-17-19/h2,4-5,8-10H,3,6-7H2,1H3,(H2,16,18,21). The number of aromatic nitrogens is 2. The van der Waals surface area contributed by atoms with E-state index >= 15 is 0 Å². The molecule has 0 atom stereocenters. The zero-order chi connectivity index (χ0) is 15.1. The van der Waals surface area contributed by atoms with Crippen molar-refractivity contribution in [2.45, 2.75) is 13.0 Å². The van der Waals surface area contributed by atoms with Gasteiger partial charge in [0, 0.05) is 31.0 Å². The molecule has 0 bridgehead atoms. The lowest BCUT2D eigenvalue weighted by Crippen LogP contribution is -2.29. The van der Waals surface area contributed by atoms with Gasteiger partial charge in [-0.15, -0.1) is 0 Å².